The van der Waals surface area contributed by atoms with Crippen molar-refractivity contribution in [2.24, 2.45) is 0 Å². The summed E-state index contributed by atoms with van der Waals surface area (Å²) in [7, 11) is 0. The van der Waals surface area contributed by atoms with Gasteiger partial charge in [0.15, 0.2) is 0 Å². The molecule has 0 aromatic rings. The highest BCUT2D eigenvalue weighted by Crippen LogP contribution is 1.87. The average molecular weight is 101 g/mol. The highest BCUT2D eigenvalue weighted by atomic mass is 16.5. The minimum atomic E-state index is -0.181. The zero-order chi connectivity index (χ0) is 5.28. The highest BCUT2D eigenvalue weighted by Gasteiger charge is 2.17. The lowest BCUT2D eigenvalue weighted by Gasteiger charge is -2.09. The van der Waals surface area contributed by atoms with Crippen LogP contribution in [0.1, 0.15) is 12.8 Å². The second-order valence-electron chi connectivity index (χ2n) is 1.70. The Bertz CT molecular complexity index is 91.7. The Morgan fingerprint density at radius 1 is 1.71 bits per heavy atom. The molecule has 1 saturated heterocycles. The number of quaternary nitrogens is 1. The summed E-state index contributed by atoms with van der Waals surface area (Å²) in [5.74, 6) is -0.181. The summed E-state index contributed by atoms with van der Waals surface area (Å²) < 4.78 is 0. The molecular weight excluding hydrogens is 94.0 g/mol. The van der Waals surface area contributed by atoms with Crippen LogP contribution in [0.15, 0.2) is 0 Å². The number of carbonyl (C=O) groups is 1. The normalized spacial score (nSPS) is 31.6. The Labute approximate surface area is 41.5 Å². The topological polar surface area (TPSA) is 44.6 Å². The van der Waals surface area contributed by atoms with Crippen molar-refractivity contribution in [3.05, 3.63) is 5.21 Å². The molecule has 3 nitrogen and oxygen atoms in total. The number of nitrogens with one attached hydrogen (secondary N) is 1. The molecule has 0 aliphatic carbocycles. The monoisotopic (exact) mass is 101 g/mol. The summed E-state index contributed by atoms with van der Waals surface area (Å²) in [6.07, 6.45) is 1.26. The van der Waals surface area contributed by atoms with Gasteiger partial charge in [0.2, 0.25) is 0 Å². The van der Waals surface area contributed by atoms with E-state index in [1.54, 1.807) is 0 Å². The van der Waals surface area contributed by atoms with Crippen molar-refractivity contribution in [1.82, 2.24) is 0 Å². The number of rotatable bonds is 0. The number of hydroxylamine groups is 2. The van der Waals surface area contributed by atoms with Crippen LogP contribution in [0, 0.1) is 5.21 Å². The van der Waals surface area contributed by atoms with Gasteiger partial charge in [-0.2, -0.15) is 0 Å². The molecule has 1 atom stereocenters. The molecule has 40 valence electrons. The van der Waals surface area contributed by atoms with Crippen molar-refractivity contribution in [1.29, 1.82) is 0 Å². The van der Waals surface area contributed by atoms with Crippen molar-refractivity contribution < 1.29 is 9.86 Å². The van der Waals surface area contributed by atoms with E-state index < -0.39 is 0 Å². The van der Waals surface area contributed by atoms with Gasteiger partial charge >= 0.3 is 5.91 Å². The van der Waals surface area contributed by atoms with Crippen molar-refractivity contribution in [2.75, 3.05) is 6.54 Å². The lowest BCUT2D eigenvalue weighted by molar-refractivity contribution is -0.754. The molecule has 1 aliphatic rings. The third-order valence-corrected chi connectivity index (χ3v) is 1.12. The lowest BCUT2D eigenvalue weighted by atomic mass is 10.4. The molecule has 1 aliphatic heterocycles. The molecule has 1 rings (SSSR count). The molecule has 1 heterocycles. The van der Waals surface area contributed by atoms with Crippen molar-refractivity contribution in [2.45, 2.75) is 12.8 Å². The predicted octanol–water partition coefficient (Wildman–Crippen LogP) is -1.31. The van der Waals surface area contributed by atoms with Gasteiger partial charge in [-0.15, -0.1) is 0 Å². The molecular formula is C4H7NO2. The van der Waals surface area contributed by atoms with Crippen LogP contribution < -0.4 is 5.06 Å². The van der Waals surface area contributed by atoms with E-state index in [9.17, 15) is 10.0 Å². The first kappa shape index (κ1) is 4.74. The summed E-state index contributed by atoms with van der Waals surface area (Å²) in [5, 5.41) is 10.0. The summed E-state index contributed by atoms with van der Waals surface area (Å²) in [5.41, 5.74) is 0. The van der Waals surface area contributed by atoms with E-state index in [4.69, 9.17) is 0 Å². The van der Waals surface area contributed by atoms with Gasteiger partial charge in [0.05, 0.1) is 13.0 Å². The number of hydrogen-bond acceptors (Lipinski definition) is 2. The van der Waals surface area contributed by atoms with Crippen molar-refractivity contribution in [3.63, 3.8) is 0 Å². The zero-order valence-electron chi connectivity index (χ0n) is 3.94. The number of carbonyl (C=O) groups excluding carboxylic acids is 1. The number of hydrogen-bond donors (Lipinski definition) is 1. The molecule has 7 heavy (non-hydrogen) atoms. The third kappa shape index (κ3) is 0.783. The Balaban J connectivity index is 2.48. The maximum absolute atomic E-state index is 10.2. The molecule has 3 heteroatoms. The third-order valence-electron chi connectivity index (χ3n) is 1.12. The first-order valence-corrected chi connectivity index (χ1v) is 2.37. The first-order chi connectivity index (χ1) is 3.30. The molecule has 0 aromatic heterocycles. The van der Waals surface area contributed by atoms with Crippen LogP contribution in [-0.2, 0) is 4.79 Å². The fraction of sp³-hybridized carbons (Fsp3) is 0.750. The number of amides is 1. The molecule has 0 aromatic carbocycles. The van der Waals surface area contributed by atoms with Crippen molar-refractivity contribution in [3.8, 4) is 0 Å². The van der Waals surface area contributed by atoms with Crippen LogP contribution in [0.3, 0.4) is 0 Å². The van der Waals surface area contributed by atoms with Gasteiger partial charge in [0.25, 0.3) is 0 Å². The lowest BCUT2D eigenvalue weighted by Crippen LogP contribution is -3.07. The fourth-order valence-corrected chi connectivity index (χ4v) is 0.688. The smallest absolute Gasteiger partial charge is 0.312 e. The van der Waals surface area contributed by atoms with Gasteiger partial charge in [-0.05, 0) is 0 Å². The largest absolute Gasteiger partial charge is 0.627 e. The fourth-order valence-electron chi connectivity index (χ4n) is 0.688. The van der Waals surface area contributed by atoms with Crippen LogP contribution in [0.5, 0.6) is 0 Å². The van der Waals surface area contributed by atoms with Gasteiger partial charge in [-0.1, -0.05) is 0 Å². The predicted molar refractivity (Wildman–Crippen MR) is 23.4 cm³/mol. The SMILES string of the molecule is O=C1CCC[NH+]1[O-]. The van der Waals surface area contributed by atoms with E-state index in [0.717, 1.165) is 6.42 Å². The minimum Gasteiger partial charge on any atom is -0.627 e. The van der Waals surface area contributed by atoms with E-state index >= 15 is 0 Å². The second kappa shape index (κ2) is 1.60. The highest BCUT2D eigenvalue weighted by molar-refractivity contribution is 5.68. The molecule has 1 unspecified atom stereocenters. The Hall–Kier alpha value is -0.410. The van der Waals surface area contributed by atoms with E-state index in [1.165, 1.54) is 0 Å². The Morgan fingerprint density at radius 2 is 2.43 bits per heavy atom. The van der Waals surface area contributed by atoms with Crippen LogP contribution >= 0.6 is 0 Å². The van der Waals surface area contributed by atoms with E-state index in [1.807, 2.05) is 0 Å². The maximum atomic E-state index is 10.2. The standard InChI is InChI=1S/C4H7NO2/c6-4-2-1-3-5(4)7/h5H,1-3H2. The van der Waals surface area contributed by atoms with Crippen LogP contribution in [0.25, 0.3) is 0 Å². The van der Waals surface area contributed by atoms with Crippen LogP contribution in [0.2, 0.25) is 0 Å². The van der Waals surface area contributed by atoms with E-state index in [2.05, 4.69) is 0 Å². The molecule has 0 spiro atoms. The van der Waals surface area contributed by atoms with Gasteiger partial charge in [-0.25, -0.2) is 4.79 Å². The first-order valence-electron chi connectivity index (χ1n) is 2.37. The summed E-state index contributed by atoms with van der Waals surface area (Å²) in [6, 6.07) is 0. The Morgan fingerprint density at radius 3 is 2.57 bits per heavy atom. The van der Waals surface area contributed by atoms with E-state index in [-0.39, 0.29) is 11.0 Å². The van der Waals surface area contributed by atoms with Gasteiger partial charge in [-0.3, -0.25) is 0 Å². The molecule has 0 radical (unpaired) electrons. The molecule has 0 saturated carbocycles. The minimum absolute atomic E-state index is 0.181. The molecule has 1 amide bonds. The van der Waals surface area contributed by atoms with Gasteiger partial charge in [0, 0.05) is 6.42 Å². The average Bonchev–Trinajstić information content (AvgIpc) is 1.91. The van der Waals surface area contributed by atoms with Crippen LogP contribution in [-0.4, -0.2) is 12.5 Å². The maximum Gasteiger partial charge on any atom is 0.312 e. The molecule has 0 bridgehead atoms. The molecule has 1 fully saturated rings. The quantitative estimate of drug-likeness (QED) is 0.385. The summed E-state index contributed by atoms with van der Waals surface area (Å²) >= 11 is 0. The summed E-state index contributed by atoms with van der Waals surface area (Å²) in [6.45, 7) is 0.485. The Kier molecular flexibility index (Phi) is 1.08. The molecule has 1 N–H and O–H groups in total. The summed E-state index contributed by atoms with van der Waals surface area (Å²) in [4.78, 5) is 10.2. The van der Waals surface area contributed by atoms with Gasteiger partial charge in [0.1, 0.15) is 0 Å². The van der Waals surface area contributed by atoms with Crippen molar-refractivity contribution >= 4 is 5.91 Å². The van der Waals surface area contributed by atoms with E-state index in [0.29, 0.717) is 13.0 Å². The zero-order valence-corrected chi connectivity index (χ0v) is 3.94. The van der Waals surface area contributed by atoms with Gasteiger partial charge < -0.3 is 10.3 Å². The second-order valence-corrected chi connectivity index (χ2v) is 1.70. The van der Waals surface area contributed by atoms with Crippen LogP contribution in [0.4, 0.5) is 0 Å².